The lowest BCUT2D eigenvalue weighted by Crippen LogP contribution is -2.27. The Balaban J connectivity index is 1.60. The third-order valence-corrected chi connectivity index (χ3v) is 7.65. The maximum atomic E-state index is 12.4. The first-order valence-corrected chi connectivity index (χ1v) is 12.5. The van der Waals surface area contributed by atoms with Crippen molar-refractivity contribution in [2.24, 2.45) is 0 Å². The summed E-state index contributed by atoms with van der Waals surface area (Å²) in [4.78, 5) is 23.8. The Morgan fingerprint density at radius 2 is 2.06 bits per heavy atom. The van der Waals surface area contributed by atoms with Gasteiger partial charge in [-0.25, -0.2) is 9.97 Å². The van der Waals surface area contributed by atoms with E-state index in [4.69, 9.17) is 21.3 Å². The zero-order chi connectivity index (χ0) is 22.4. The second-order valence-electron chi connectivity index (χ2n) is 7.61. The van der Waals surface area contributed by atoms with Gasteiger partial charge in [-0.2, -0.15) is 0 Å². The first-order valence-electron chi connectivity index (χ1n) is 9.84. The van der Waals surface area contributed by atoms with Gasteiger partial charge in [0.1, 0.15) is 11.6 Å². The second-order valence-corrected chi connectivity index (χ2v) is 10.8. The van der Waals surface area contributed by atoms with Gasteiger partial charge in [0.05, 0.1) is 31.9 Å². The molecule has 1 aliphatic rings. The Morgan fingerprint density at radius 1 is 1.22 bits per heavy atom. The van der Waals surface area contributed by atoms with Crippen molar-refractivity contribution in [3.05, 3.63) is 58.2 Å². The molecule has 0 N–H and O–H groups in total. The quantitative estimate of drug-likeness (QED) is 0.425. The molecule has 32 heavy (non-hydrogen) atoms. The van der Waals surface area contributed by atoms with Gasteiger partial charge in [0, 0.05) is 48.1 Å². The van der Waals surface area contributed by atoms with Crippen LogP contribution >= 0.6 is 22.9 Å². The molecule has 10 heteroatoms. The van der Waals surface area contributed by atoms with Crippen LogP contribution in [0.3, 0.4) is 0 Å². The first-order chi connectivity index (χ1) is 15.4. The molecule has 1 aliphatic heterocycles. The predicted molar refractivity (Wildman–Crippen MR) is 127 cm³/mol. The molecule has 7 nitrogen and oxygen atoms in total. The summed E-state index contributed by atoms with van der Waals surface area (Å²) in [5.41, 5.74) is 2.58. The van der Waals surface area contributed by atoms with Crippen molar-refractivity contribution in [1.29, 1.82) is 0 Å². The molecule has 4 heterocycles. The normalized spacial score (nSPS) is 15.2. The van der Waals surface area contributed by atoms with E-state index in [1.807, 2.05) is 47.2 Å². The van der Waals surface area contributed by atoms with Crippen molar-refractivity contribution in [3.63, 3.8) is 0 Å². The standard InChI is InChI=1S/C22H19ClN4O3S2/c1-26(2)20(28)10-30-14-4-3-13-7-8-27(17(13)9-14)22-15-11-32(29)12-16(15)24-21(25-22)18-5-6-19(23)31-18/h3-9H,10-12H2,1-2H3. The Hall–Kier alpha value is -2.75. The van der Waals surface area contributed by atoms with Gasteiger partial charge in [-0.3, -0.25) is 9.00 Å². The van der Waals surface area contributed by atoms with Crippen LogP contribution in [0.15, 0.2) is 42.6 Å². The molecule has 5 rings (SSSR count). The van der Waals surface area contributed by atoms with Crippen molar-refractivity contribution >= 4 is 50.5 Å². The minimum absolute atomic E-state index is 0.0373. The van der Waals surface area contributed by atoms with Crippen LogP contribution in [0.1, 0.15) is 11.3 Å². The van der Waals surface area contributed by atoms with E-state index >= 15 is 0 Å². The van der Waals surface area contributed by atoms with Gasteiger partial charge in [-0.05, 0) is 30.3 Å². The minimum Gasteiger partial charge on any atom is -0.484 e. The molecule has 1 amide bonds. The number of thiophene rings is 1. The smallest absolute Gasteiger partial charge is 0.259 e. The van der Waals surface area contributed by atoms with E-state index in [1.54, 1.807) is 14.1 Å². The number of halogens is 1. The fourth-order valence-corrected chi connectivity index (χ4v) is 5.79. The van der Waals surface area contributed by atoms with Crippen molar-refractivity contribution in [3.8, 4) is 22.3 Å². The van der Waals surface area contributed by atoms with E-state index in [0.29, 0.717) is 33.2 Å². The number of likely N-dealkylation sites (N-methyl/N-ethyl adjacent to an activating group) is 1. The molecular formula is C22H19ClN4O3S2. The minimum atomic E-state index is -1.01. The summed E-state index contributed by atoms with van der Waals surface area (Å²) >= 11 is 7.54. The number of amides is 1. The van der Waals surface area contributed by atoms with E-state index < -0.39 is 10.8 Å². The largest absolute Gasteiger partial charge is 0.484 e. The van der Waals surface area contributed by atoms with Gasteiger partial charge in [0.25, 0.3) is 5.91 Å². The van der Waals surface area contributed by atoms with Crippen molar-refractivity contribution in [1.82, 2.24) is 19.4 Å². The zero-order valence-electron chi connectivity index (χ0n) is 17.4. The van der Waals surface area contributed by atoms with Gasteiger partial charge in [0.15, 0.2) is 12.4 Å². The Labute approximate surface area is 196 Å². The van der Waals surface area contributed by atoms with Crippen molar-refractivity contribution < 1.29 is 13.7 Å². The molecule has 0 radical (unpaired) electrons. The van der Waals surface area contributed by atoms with Crippen LogP contribution in [0.5, 0.6) is 5.75 Å². The number of nitrogens with zero attached hydrogens (tertiary/aromatic N) is 4. The highest BCUT2D eigenvalue weighted by atomic mass is 35.5. The highest BCUT2D eigenvalue weighted by Crippen LogP contribution is 2.34. The molecular weight excluding hydrogens is 468 g/mol. The van der Waals surface area contributed by atoms with E-state index in [2.05, 4.69) is 4.98 Å². The maximum Gasteiger partial charge on any atom is 0.259 e. The van der Waals surface area contributed by atoms with Crippen LogP contribution in [0.4, 0.5) is 0 Å². The summed E-state index contributed by atoms with van der Waals surface area (Å²) in [7, 11) is 2.38. The molecule has 4 aromatic rings. The Kier molecular flexibility index (Phi) is 5.48. The first kappa shape index (κ1) is 21.1. The summed E-state index contributed by atoms with van der Waals surface area (Å²) in [5.74, 6) is 2.58. The Morgan fingerprint density at radius 3 is 2.81 bits per heavy atom. The number of carbonyl (C=O) groups excluding carboxylic acids is 1. The van der Waals surface area contributed by atoms with Crippen molar-refractivity contribution in [2.45, 2.75) is 11.5 Å². The van der Waals surface area contributed by atoms with E-state index in [9.17, 15) is 9.00 Å². The average Bonchev–Trinajstić information content (AvgIpc) is 3.48. The number of hydrogen-bond donors (Lipinski definition) is 0. The fourth-order valence-electron chi connectivity index (χ4n) is 3.55. The number of rotatable bonds is 5. The predicted octanol–water partition coefficient (Wildman–Crippen LogP) is 4.03. The number of benzene rings is 1. The van der Waals surface area contributed by atoms with Crippen LogP contribution in [-0.2, 0) is 27.1 Å². The summed E-state index contributed by atoms with van der Waals surface area (Å²) in [5, 5.41) is 1.00. The van der Waals surface area contributed by atoms with Gasteiger partial charge in [-0.15, -0.1) is 11.3 Å². The highest BCUT2D eigenvalue weighted by molar-refractivity contribution is 7.83. The SMILES string of the molecule is CN(C)C(=O)COc1ccc2ccn(-c3nc(-c4ccc(Cl)s4)nc4c3CS(=O)C4)c2c1. The summed E-state index contributed by atoms with van der Waals surface area (Å²) in [6.07, 6.45) is 1.94. The van der Waals surface area contributed by atoms with E-state index in [1.165, 1.54) is 16.2 Å². The van der Waals surface area contributed by atoms with Gasteiger partial charge in [-0.1, -0.05) is 11.6 Å². The lowest BCUT2D eigenvalue weighted by atomic mass is 10.2. The van der Waals surface area contributed by atoms with Crippen LogP contribution in [0, 0.1) is 0 Å². The number of carbonyl (C=O) groups is 1. The van der Waals surface area contributed by atoms with Gasteiger partial charge < -0.3 is 14.2 Å². The monoisotopic (exact) mass is 486 g/mol. The molecule has 1 atom stereocenters. The summed E-state index contributed by atoms with van der Waals surface area (Å²) in [6, 6.07) is 11.4. The molecule has 3 aromatic heterocycles. The summed E-state index contributed by atoms with van der Waals surface area (Å²) < 4.78 is 20.7. The molecule has 0 bridgehead atoms. The van der Waals surface area contributed by atoms with Gasteiger partial charge in [0.2, 0.25) is 0 Å². The second kappa shape index (κ2) is 8.31. The van der Waals surface area contributed by atoms with E-state index in [0.717, 1.165) is 27.0 Å². The van der Waals surface area contributed by atoms with Crippen LogP contribution < -0.4 is 4.74 Å². The molecule has 164 valence electrons. The molecule has 0 saturated heterocycles. The highest BCUT2D eigenvalue weighted by Gasteiger charge is 2.26. The topological polar surface area (TPSA) is 77.3 Å². The van der Waals surface area contributed by atoms with Crippen LogP contribution in [0.25, 0.3) is 27.4 Å². The van der Waals surface area contributed by atoms with E-state index in [-0.39, 0.29) is 12.5 Å². The molecule has 0 saturated carbocycles. The third kappa shape index (κ3) is 3.92. The summed E-state index contributed by atoms with van der Waals surface area (Å²) in [6.45, 7) is -0.0373. The molecule has 0 fully saturated rings. The molecule has 1 unspecified atom stereocenters. The molecule has 0 spiro atoms. The third-order valence-electron chi connectivity index (χ3n) is 5.22. The fraction of sp³-hybridized carbons (Fsp3) is 0.227. The maximum absolute atomic E-state index is 12.4. The van der Waals surface area contributed by atoms with Crippen molar-refractivity contribution in [2.75, 3.05) is 20.7 Å². The molecule has 0 aliphatic carbocycles. The van der Waals surface area contributed by atoms with Gasteiger partial charge >= 0.3 is 0 Å². The van der Waals surface area contributed by atoms with Crippen LogP contribution in [-0.4, -0.2) is 50.3 Å². The lowest BCUT2D eigenvalue weighted by molar-refractivity contribution is -0.130. The number of fused-ring (bicyclic) bond motifs is 2. The average molecular weight is 487 g/mol. The number of hydrogen-bond acceptors (Lipinski definition) is 6. The Bertz CT molecular complexity index is 1380. The lowest BCUT2D eigenvalue weighted by Gasteiger charge is -2.13. The number of aromatic nitrogens is 3. The zero-order valence-corrected chi connectivity index (χ0v) is 19.8. The molecule has 1 aromatic carbocycles. The number of ether oxygens (including phenoxy) is 1. The van der Waals surface area contributed by atoms with Crippen LogP contribution in [0.2, 0.25) is 4.34 Å².